The first-order chi connectivity index (χ1) is 13.5. The van der Waals surface area contributed by atoms with Crippen LogP contribution in [0.15, 0.2) is 18.2 Å². The number of hydrogen-bond donors (Lipinski definition) is 1. The molecule has 152 valence electrons. The molecule has 1 amide bonds. The van der Waals surface area contributed by atoms with E-state index in [4.69, 9.17) is 26.4 Å². The zero-order valence-electron chi connectivity index (χ0n) is 15.8. The first-order valence-electron chi connectivity index (χ1n) is 9.24. The normalized spacial score (nSPS) is 16.0. The Labute approximate surface area is 174 Å². The molecule has 0 unspecified atom stereocenters. The Bertz CT molecular complexity index is 735. The molecule has 1 aromatic rings. The summed E-state index contributed by atoms with van der Waals surface area (Å²) in [4.78, 5) is 25.9. The van der Waals surface area contributed by atoms with Crippen molar-refractivity contribution < 1.29 is 23.8 Å². The third-order valence-electron chi connectivity index (χ3n) is 4.65. The third-order valence-corrected chi connectivity index (χ3v) is 6.14. The third kappa shape index (κ3) is 6.00. The molecule has 1 aromatic carbocycles. The van der Waals surface area contributed by atoms with Gasteiger partial charge < -0.3 is 24.4 Å². The lowest BCUT2D eigenvalue weighted by atomic mass is 10.00. The summed E-state index contributed by atoms with van der Waals surface area (Å²) in [6.07, 6.45) is 2.24. The fourth-order valence-corrected chi connectivity index (χ4v) is 3.94. The minimum Gasteiger partial charge on any atom is -0.455 e. The summed E-state index contributed by atoms with van der Waals surface area (Å²) in [5, 5.41) is 2.71. The molecule has 1 saturated heterocycles. The van der Waals surface area contributed by atoms with E-state index in [9.17, 15) is 9.59 Å². The first kappa shape index (κ1) is 20.7. The van der Waals surface area contributed by atoms with Crippen LogP contribution in [0.3, 0.4) is 0 Å². The van der Waals surface area contributed by atoms with Crippen LogP contribution in [0, 0.1) is 5.92 Å². The molecule has 2 aliphatic rings. The van der Waals surface area contributed by atoms with Crippen LogP contribution in [-0.2, 0) is 20.9 Å². The van der Waals surface area contributed by atoms with Crippen molar-refractivity contribution in [3.63, 3.8) is 0 Å². The molecule has 2 heterocycles. The second-order valence-electron chi connectivity index (χ2n) is 6.85. The van der Waals surface area contributed by atoms with Gasteiger partial charge in [0.2, 0.25) is 6.79 Å². The number of likely N-dealkylation sites (tertiary alicyclic amines) is 1. The maximum atomic E-state index is 11.9. The Balaban J connectivity index is 1.30. The van der Waals surface area contributed by atoms with Gasteiger partial charge in [-0.05, 0) is 36.5 Å². The second kappa shape index (κ2) is 9.97. The highest BCUT2D eigenvalue weighted by Gasteiger charge is 2.19. The first-order valence-corrected chi connectivity index (χ1v) is 10.6. The van der Waals surface area contributed by atoms with Gasteiger partial charge in [-0.1, -0.05) is 37.0 Å². The second-order valence-corrected chi connectivity index (χ2v) is 8.46. The molecule has 2 aliphatic heterocycles. The number of piperidine rings is 1. The number of thiocarbonyl (C=S) groups is 1. The molecule has 0 radical (unpaired) electrons. The van der Waals surface area contributed by atoms with Gasteiger partial charge in [0.15, 0.2) is 18.1 Å². The van der Waals surface area contributed by atoms with Crippen LogP contribution in [0.4, 0.5) is 0 Å². The zero-order chi connectivity index (χ0) is 19.9. The number of amides is 1. The number of nitrogens with zero attached hydrogens (tertiary/aromatic N) is 1. The number of carbonyl (C=O) groups is 2. The van der Waals surface area contributed by atoms with E-state index in [0.29, 0.717) is 18.0 Å². The number of thioether (sulfide) groups is 1. The molecule has 0 aromatic heterocycles. The summed E-state index contributed by atoms with van der Waals surface area (Å²) in [5.74, 6) is 1.39. The summed E-state index contributed by atoms with van der Waals surface area (Å²) in [6, 6.07) is 5.46. The van der Waals surface area contributed by atoms with Crippen LogP contribution < -0.4 is 14.8 Å². The molecule has 28 heavy (non-hydrogen) atoms. The van der Waals surface area contributed by atoms with Gasteiger partial charge in [-0.3, -0.25) is 9.59 Å². The van der Waals surface area contributed by atoms with Gasteiger partial charge in [-0.15, -0.1) is 0 Å². The van der Waals surface area contributed by atoms with E-state index in [0.717, 1.165) is 41.7 Å². The lowest BCUT2D eigenvalue weighted by Crippen LogP contribution is -2.36. The highest BCUT2D eigenvalue weighted by atomic mass is 32.2. The molecular formula is C19H24N2O5S2. The van der Waals surface area contributed by atoms with Crippen molar-refractivity contribution in [1.29, 1.82) is 0 Å². The number of nitrogens with one attached hydrogen (secondary N) is 1. The summed E-state index contributed by atoms with van der Waals surface area (Å²) in [6.45, 7) is 4.33. The van der Waals surface area contributed by atoms with Gasteiger partial charge >= 0.3 is 5.97 Å². The van der Waals surface area contributed by atoms with Gasteiger partial charge in [-0.25, -0.2) is 0 Å². The number of benzene rings is 1. The van der Waals surface area contributed by atoms with Gasteiger partial charge in [0.1, 0.15) is 4.32 Å². The van der Waals surface area contributed by atoms with Crippen LogP contribution in [0.1, 0.15) is 25.3 Å². The fraction of sp³-hybridized carbons (Fsp3) is 0.526. The smallest absolute Gasteiger partial charge is 0.316 e. The summed E-state index contributed by atoms with van der Waals surface area (Å²) < 4.78 is 16.3. The fourth-order valence-electron chi connectivity index (χ4n) is 2.89. The molecule has 0 atom stereocenters. The quantitative estimate of drug-likeness (QED) is 0.551. The number of esters is 1. The summed E-state index contributed by atoms with van der Waals surface area (Å²) in [5.41, 5.74) is 0.876. The Hall–Kier alpha value is -2.00. The van der Waals surface area contributed by atoms with Crippen LogP contribution in [-0.4, -0.2) is 53.3 Å². The number of fused-ring (bicyclic) bond motifs is 1. The Morgan fingerprint density at radius 2 is 2.04 bits per heavy atom. The monoisotopic (exact) mass is 424 g/mol. The predicted octanol–water partition coefficient (Wildman–Crippen LogP) is 2.32. The van der Waals surface area contributed by atoms with E-state index in [-0.39, 0.29) is 25.1 Å². The van der Waals surface area contributed by atoms with E-state index >= 15 is 0 Å². The molecule has 0 spiro atoms. The molecule has 0 aliphatic carbocycles. The van der Waals surface area contributed by atoms with Crippen molar-refractivity contribution in [2.75, 3.05) is 32.2 Å². The number of carbonyl (C=O) groups excluding carboxylic acids is 2. The summed E-state index contributed by atoms with van der Waals surface area (Å²) >= 11 is 6.67. The highest BCUT2D eigenvalue weighted by molar-refractivity contribution is 8.23. The molecule has 7 nitrogen and oxygen atoms in total. The van der Waals surface area contributed by atoms with Crippen LogP contribution in [0.2, 0.25) is 0 Å². The molecule has 1 N–H and O–H groups in total. The molecule has 9 heteroatoms. The van der Waals surface area contributed by atoms with Crippen molar-refractivity contribution >= 4 is 40.2 Å². The molecule has 0 saturated carbocycles. The van der Waals surface area contributed by atoms with Crippen LogP contribution in [0.25, 0.3) is 0 Å². The maximum absolute atomic E-state index is 11.9. The van der Waals surface area contributed by atoms with Crippen molar-refractivity contribution in [3.8, 4) is 11.5 Å². The standard InChI is InChI=1S/C19H24N2O5S2/c1-13-4-6-21(7-5-13)19(27)28-11-18(23)24-10-17(22)20-9-14-2-3-15-16(8-14)26-12-25-15/h2-3,8,13H,4-7,9-12H2,1H3,(H,20,22). The van der Waals surface area contributed by atoms with Gasteiger partial charge in [-0.2, -0.15) is 0 Å². The van der Waals surface area contributed by atoms with E-state index in [1.807, 2.05) is 12.1 Å². The van der Waals surface area contributed by atoms with E-state index < -0.39 is 5.97 Å². The van der Waals surface area contributed by atoms with Crippen molar-refractivity contribution in [1.82, 2.24) is 10.2 Å². The molecule has 3 rings (SSSR count). The maximum Gasteiger partial charge on any atom is 0.316 e. The largest absolute Gasteiger partial charge is 0.455 e. The van der Waals surface area contributed by atoms with E-state index in [1.165, 1.54) is 11.8 Å². The van der Waals surface area contributed by atoms with E-state index in [1.54, 1.807) is 6.07 Å². The number of hydrogen-bond acceptors (Lipinski definition) is 7. The minimum absolute atomic E-state index is 0.111. The molecule has 0 bridgehead atoms. The van der Waals surface area contributed by atoms with Crippen molar-refractivity contribution in [2.45, 2.75) is 26.3 Å². The van der Waals surface area contributed by atoms with Crippen molar-refractivity contribution in [2.24, 2.45) is 5.92 Å². The minimum atomic E-state index is -0.448. The molecular weight excluding hydrogens is 400 g/mol. The Kier molecular flexibility index (Phi) is 7.38. The van der Waals surface area contributed by atoms with Crippen LogP contribution >= 0.6 is 24.0 Å². The highest BCUT2D eigenvalue weighted by Crippen LogP contribution is 2.32. The van der Waals surface area contributed by atoms with Gasteiger partial charge in [0.25, 0.3) is 5.91 Å². The predicted molar refractivity (Wildman–Crippen MR) is 110 cm³/mol. The van der Waals surface area contributed by atoms with Gasteiger partial charge in [0.05, 0.1) is 5.75 Å². The molecule has 1 fully saturated rings. The van der Waals surface area contributed by atoms with Gasteiger partial charge in [0, 0.05) is 19.6 Å². The van der Waals surface area contributed by atoms with Crippen LogP contribution in [0.5, 0.6) is 11.5 Å². The van der Waals surface area contributed by atoms with E-state index in [2.05, 4.69) is 17.1 Å². The van der Waals surface area contributed by atoms with Crippen molar-refractivity contribution in [3.05, 3.63) is 23.8 Å². The zero-order valence-corrected chi connectivity index (χ0v) is 17.4. The Morgan fingerprint density at radius 1 is 1.29 bits per heavy atom. The lowest BCUT2D eigenvalue weighted by molar-refractivity contribution is -0.145. The number of rotatable bonds is 6. The summed E-state index contributed by atoms with van der Waals surface area (Å²) in [7, 11) is 0. The topological polar surface area (TPSA) is 77.1 Å². The Morgan fingerprint density at radius 3 is 2.82 bits per heavy atom. The number of ether oxygens (including phenoxy) is 3. The average Bonchev–Trinajstić information content (AvgIpc) is 3.17. The average molecular weight is 425 g/mol. The lowest BCUT2D eigenvalue weighted by Gasteiger charge is -2.31. The SMILES string of the molecule is CC1CCN(C(=S)SCC(=O)OCC(=O)NCc2ccc3c(c2)OCO3)CC1.